The Bertz CT molecular complexity index is 517. The molecule has 1 heterocycles. The highest BCUT2D eigenvalue weighted by atomic mass is 127. The van der Waals surface area contributed by atoms with Gasteiger partial charge in [-0.3, -0.25) is 0 Å². The summed E-state index contributed by atoms with van der Waals surface area (Å²) in [6, 6.07) is 10.1. The third-order valence-electron chi connectivity index (χ3n) is 2.94. The second kappa shape index (κ2) is 5.69. The first-order valence-corrected chi connectivity index (χ1v) is 6.89. The zero-order valence-corrected chi connectivity index (χ0v) is 12.4. The van der Waals surface area contributed by atoms with Gasteiger partial charge in [-0.25, -0.2) is 4.39 Å². The molecule has 2 rings (SSSR count). The molecule has 3 heteroatoms. The summed E-state index contributed by atoms with van der Waals surface area (Å²) in [4.78, 5) is 1.96. The monoisotopic (exact) mass is 355 g/mol. The predicted molar refractivity (Wildman–Crippen MR) is 83.0 cm³/mol. The van der Waals surface area contributed by atoms with Gasteiger partial charge in [0.1, 0.15) is 6.67 Å². The van der Waals surface area contributed by atoms with Crippen molar-refractivity contribution >= 4 is 28.3 Å². The molecule has 1 aliphatic rings. The molecule has 0 aliphatic carbocycles. The number of rotatable bonds is 3. The van der Waals surface area contributed by atoms with Crippen molar-refractivity contribution in [1.29, 1.82) is 0 Å². The van der Waals surface area contributed by atoms with Gasteiger partial charge in [0.05, 0.1) is 12.2 Å². The zero-order chi connectivity index (χ0) is 13.1. The smallest absolute Gasteiger partial charge is 0.107 e. The van der Waals surface area contributed by atoms with Crippen LogP contribution in [0.2, 0.25) is 0 Å². The Balaban J connectivity index is 2.52. The molecule has 0 aromatic heterocycles. The first-order valence-electron chi connectivity index (χ1n) is 5.81. The second-order valence-corrected chi connectivity index (χ2v) is 5.34. The van der Waals surface area contributed by atoms with Crippen LogP contribution < -0.4 is 0 Å². The average molecular weight is 355 g/mol. The summed E-state index contributed by atoms with van der Waals surface area (Å²) >= 11 is 2.25. The van der Waals surface area contributed by atoms with E-state index in [9.17, 15) is 4.39 Å². The quantitative estimate of drug-likeness (QED) is 0.720. The van der Waals surface area contributed by atoms with Gasteiger partial charge in [-0.05, 0) is 46.7 Å². The van der Waals surface area contributed by atoms with Crippen molar-refractivity contribution in [3.63, 3.8) is 0 Å². The van der Waals surface area contributed by atoms with Crippen molar-refractivity contribution in [2.24, 2.45) is 0 Å². The zero-order valence-electron chi connectivity index (χ0n) is 10.3. The number of hydrogen-bond acceptors (Lipinski definition) is 1. The molecule has 0 spiro atoms. The van der Waals surface area contributed by atoms with Crippen molar-refractivity contribution in [3.05, 3.63) is 63.4 Å². The molecule has 0 amide bonds. The lowest BCUT2D eigenvalue weighted by molar-refractivity contribution is 0.393. The minimum Gasteiger partial charge on any atom is -0.338 e. The molecule has 0 saturated carbocycles. The standard InChI is InChI=1S/C15H15FIN/c1-11-10-14(17)12(2)18(9-8-16)15(11)13-6-4-3-5-7-13/h3-7,10H,2,8-9H2,1H3. The summed E-state index contributed by atoms with van der Waals surface area (Å²) in [6.45, 7) is 6.07. The maximum absolute atomic E-state index is 12.8. The van der Waals surface area contributed by atoms with E-state index in [1.807, 2.05) is 35.2 Å². The molecule has 1 aromatic carbocycles. The Morgan fingerprint density at radius 2 is 1.94 bits per heavy atom. The van der Waals surface area contributed by atoms with E-state index in [2.05, 4.69) is 42.2 Å². The van der Waals surface area contributed by atoms with Crippen LogP contribution in [0.15, 0.2) is 57.8 Å². The number of nitrogens with zero attached hydrogens (tertiary/aromatic N) is 1. The average Bonchev–Trinajstić information content (AvgIpc) is 2.37. The lowest BCUT2D eigenvalue weighted by Gasteiger charge is -2.33. The minimum atomic E-state index is -0.382. The SMILES string of the molecule is C=C1C(I)=CC(C)=C(c2ccccc2)N1CCF. The van der Waals surface area contributed by atoms with Crippen LogP contribution in [-0.2, 0) is 0 Å². The lowest BCUT2D eigenvalue weighted by atomic mass is 10.0. The molecule has 0 N–H and O–H groups in total. The van der Waals surface area contributed by atoms with E-state index < -0.39 is 0 Å². The van der Waals surface area contributed by atoms with Gasteiger partial charge in [-0.1, -0.05) is 36.9 Å². The van der Waals surface area contributed by atoms with Crippen LogP contribution in [0, 0.1) is 0 Å². The molecule has 0 unspecified atom stereocenters. The van der Waals surface area contributed by atoms with Crippen LogP contribution in [0.1, 0.15) is 12.5 Å². The summed E-state index contributed by atoms with van der Waals surface area (Å²) in [5.74, 6) is 0. The third kappa shape index (κ3) is 2.51. The first kappa shape index (κ1) is 13.3. The lowest BCUT2D eigenvalue weighted by Crippen LogP contribution is -2.26. The van der Waals surface area contributed by atoms with Gasteiger partial charge >= 0.3 is 0 Å². The topological polar surface area (TPSA) is 3.24 Å². The normalized spacial score (nSPS) is 16.1. The van der Waals surface area contributed by atoms with Crippen LogP contribution >= 0.6 is 22.6 Å². The Labute approximate surface area is 121 Å². The Morgan fingerprint density at radius 1 is 1.28 bits per heavy atom. The fraction of sp³-hybridized carbons (Fsp3) is 0.200. The highest BCUT2D eigenvalue weighted by Gasteiger charge is 2.22. The molecular formula is C15H15FIN. The predicted octanol–water partition coefficient (Wildman–Crippen LogP) is 4.54. The molecule has 1 nitrogen and oxygen atoms in total. The second-order valence-electron chi connectivity index (χ2n) is 4.18. The van der Waals surface area contributed by atoms with Gasteiger partial charge in [0.15, 0.2) is 0 Å². The van der Waals surface area contributed by atoms with Crippen molar-refractivity contribution in [2.75, 3.05) is 13.2 Å². The molecule has 0 fully saturated rings. The molecule has 18 heavy (non-hydrogen) atoms. The van der Waals surface area contributed by atoms with Crippen LogP contribution in [0.5, 0.6) is 0 Å². The van der Waals surface area contributed by atoms with Gasteiger partial charge in [0.2, 0.25) is 0 Å². The Morgan fingerprint density at radius 3 is 2.56 bits per heavy atom. The van der Waals surface area contributed by atoms with Crippen molar-refractivity contribution < 1.29 is 4.39 Å². The maximum atomic E-state index is 12.8. The Kier molecular flexibility index (Phi) is 4.22. The highest BCUT2D eigenvalue weighted by molar-refractivity contribution is 14.1. The molecule has 0 radical (unpaired) electrons. The molecule has 94 valence electrons. The number of benzene rings is 1. The number of hydrogen-bond donors (Lipinski definition) is 0. The molecular weight excluding hydrogens is 340 g/mol. The summed E-state index contributed by atoms with van der Waals surface area (Å²) in [5, 5.41) is 0. The van der Waals surface area contributed by atoms with E-state index in [-0.39, 0.29) is 6.67 Å². The molecule has 1 aliphatic heterocycles. The van der Waals surface area contributed by atoms with E-state index in [4.69, 9.17) is 0 Å². The van der Waals surface area contributed by atoms with E-state index >= 15 is 0 Å². The molecule has 1 aromatic rings. The van der Waals surface area contributed by atoms with E-state index in [0.717, 1.165) is 26.1 Å². The summed E-state index contributed by atoms with van der Waals surface area (Å²) in [6.07, 6.45) is 2.10. The highest BCUT2D eigenvalue weighted by Crippen LogP contribution is 2.36. The van der Waals surface area contributed by atoms with Crippen molar-refractivity contribution in [3.8, 4) is 0 Å². The summed E-state index contributed by atoms with van der Waals surface area (Å²) in [5.41, 5.74) is 4.17. The van der Waals surface area contributed by atoms with Gasteiger partial charge in [-0.15, -0.1) is 0 Å². The minimum absolute atomic E-state index is 0.348. The van der Waals surface area contributed by atoms with Gasteiger partial charge in [0, 0.05) is 9.28 Å². The maximum Gasteiger partial charge on any atom is 0.107 e. The molecule has 0 atom stereocenters. The number of allylic oxidation sites excluding steroid dienone is 3. The van der Waals surface area contributed by atoms with Crippen molar-refractivity contribution in [1.82, 2.24) is 4.90 Å². The molecule has 0 saturated heterocycles. The van der Waals surface area contributed by atoms with Gasteiger partial charge in [-0.2, -0.15) is 0 Å². The fourth-order valence-electron chi connectivity index (χ4n) is 2.13. The third-order valence-corrected chi connectivity index (χ3v) is 3.88. The first-order chi connectivity index (χ1) is 8.65. The van der Waals surface area contributed by atoms with Crippen LogP contribution in [-0.4, -0.2) is 18.1 Å². The summed E-state index contributed by atoms with van der Waals surface area (Å²) < 4.78 is 13.8. The van der Waals surface area contributed by atoms with Crippen LogP contribution in [0.25, 0.3) is 5.70 Å². The summed E-state index contributed by atoms with van der Waals surface area (Å²) in [7, 11) is 0. The van der Waals surface area contributed by atoms with E-state index in [1.165, 1.54) is 0 Å². The van der Waals surface area contributed by atoms with E-state index in [1.54, 1.807) is 0 Å². The fourth-order valence-corrected chi connectivity index (χ4v) is 2.89. The van der Waals surface area contributed by atoms with Gasteiger partial charge in [0.25, 0.3) is 0 Å². The van der Waals surface area contributed by atoms with Crippen molar-refractivity contribution in [2.45, 2.75) is 6.92 Å². The number of alkyl halides is 1. The van der Waals surface area contributed by atoms with E-state index in [0.29, 0.717) is 6.54 Å². The largest absolute Gasteiger partial charge is 0.338 e. The van der Waals surface area contributed by atoms with Crippen LogP contribution in [0.4, 0.5) is 4.39 Å². The molecule has 0 bridgehead atoms. The van der Waals surface area contributed by atoms with Crippen LogP contribution in [0.3, 0.4) is 0 Å². The van der Waals surface area contributed by atoms with Gasteiger partial charge < -0.3 is 4.90 Å². The Hall–Kier alpha value is -1.10. The number of halogens is 2.